The zero-order valence-electron chi connectivity index (χ0n) is 14.3. The molecule has 128 valence electrons. The van der Waals surface area contributed by atoms with E-state index >= 15 is 0 Å². The molecule has 0 atom stereocenters. The number of Topliss-reactive ketones (excluding diaryl/α,β-unsaturated/α-hetero) is 1. The Kier molecular flexibility index (Phi) is 3.73. The van der Waals surface area contributed by atoms with Gasteiger partial charge >= 0.3 is 5.63 Å². The van der Waals surface area contributed by atoms with E-state index in [0.717, 1.165) is 17.0 Å². The van der Waals surface area contributed by atoms with Crippen LogP contribution in [-0.4, -0.2) is 20.8 Å². The number of carbonyl (C=O) groups is 1. The number of benzene rings is 2. The average Bonchev–Trinajstić information content (AvgIpc) is 3.03. The van der Waals surface area contributed by atoms with Gasteiger partial charge in [0.1, 0.15) is 16.8 Å². The fourth-order valence-corrected chi connectivity index (χ4v) is 2.83. The highest BCUT2D eigenvalue weighted by Crippen LogP contribution is 2.22. The Morgan fingerprint density at radius 3 is 2.54 bits per heavy atom. The molecule has 0 aliphatic carbocycles. The lowest BCUT2D eigenvalue weighted by Gasteiger charge is -2.03. The van der Waals surface area contributed by atoms with Crippen LogP contribution in [0.3, 0.4) is 0 Å². The summed E-state index contributed by atoms with van der Waals surface area (Å²) in [5.41, 5.74) is 3.02. The van der Waals surface area contributed by atoms with Crippen molar-refractivity contribution in [1.82, 2.24) is 15.0 Å². The van der Waals surface area contributed by atoms with Crippen LogP contribution in [0.2, 0.25) is 0 Å². The second kappa shape index (κ2) is 6.07. The van der Waals surface area contributed by atoms with E-state index in [1.165, 1.54) is 11.7 Å². The van der Waals surface area contributed by atoms with Gasteiger partial charge < -0.3 is 4.42 Å². The largest absolute Gasteiger partial charge is 0.422 e. The molecule has 0 aliphatic rings. The predicted molar refractivity (Wildman–Crippen MR) is 97.6 cm³/mol. The smallest absolute Gasteiger partial charge is 0.347 e. The first kappa shape index (κ1) is 16.0. The molecule has 0 aliphatic heterocycles. The summed E-state index contributed by atoms with van der Waals surface area (Å²) < 4.78 is 5.29. The molecule has 0 amide bonds. The van der Waals surface area contributed by atoms with Crippen LogP contribution in [0.1, 0.15) is 23.0 Å². The van der Waals surface area contributed by atoms with Gasteiger partial charge in [-0.1, -0.05) is 30.3 Å². The Bertz CT molecular complexity index is 1190. The number of hydrogen-bond donors (Lipinski definition) is 0. The highest BCUT2D eigenvalue weighted by Gasteiger charge is 2.13. The highest BCUT2D eigenvalue weighted by molar-refractivity contribution is 5.96. The second-order valence-electron chi connectivity index (χ2n) is 6.02. The fourth-order valence-electron chi connectivity index (χ4n) is 2.83. The summed E-state index contributed by atoms with van der Waals surface area (Å²) in [6.45, 7) is 3.24. The van der Waals surface area contributed by atoms with Crippen molar-refractivity contribution >= 4 is 16.8 Å². The van der Waals surface area contributed by atoms with Crippen LogP contribution in [0.25, 0.3) is 27.9 Å². The number of aryl methyl sites for hydroxylation is 1. The molecule has 0 saturated heterocycles. The SMILES string of the molecule is CC(=O)c1cc2ccc(-n3nc(C)c(-c4ccccc4)n3)cc2oc1=O. The van der Waals surface area contributed by atoms with E-state index in [1.807, 2.05) is 43.3 Å². The minimum Gasteiger partial charge on any atom is -0.422 e. The molecular formula is C20H15N3O3. The van der Waals surface area contributed by atoms with Crippen LogP contribution in [0.5, 0.6) is 0 Å². The van der Waals surface area contributed by atoms with E-state index in [9.17, 15) is 9.59 Å². The first-order valence-corrected chi connectivity index (χ1v) is 8.11. The Balaban J connectivity index is 1.82. The number of hydrogen-bond acceptors (Lipinski definition) is 5. The summed E-state index contributed by atoms with van der Waals surface area (Å²) in [4.78, 5) is 24.9. The summed E-state index contributed by atoms with van der Waals surface area (Å²) in [6, 6.07) is 16.6. The second-order valence-corrected chi connectivity index (χ2v) is 6.02. The molecule has 6 heteroatoms. The molecule has 0 fully saturated rings. The molecular weight excluding hydrogens is 330 g/mol. The molecule has 0 saturated carbocycles. The summed E-state index contributed by atoms with van der Waals surface area (Å²) >= 11 is 0. The molecule has 0 N–H and O–H groups in total. The Morgan fingerprint density at radius 2 is 1.81 bits per heavy atom. The van der Waals surface area contributed by atoms with Crippen LogP contribution in [0, 0.1) is 6.92 Å². The topological polar surface area (TPSA) is 78.0 Å². The molecule has 0 bridgehead atoms. The van der Waals surface area contributed by atoms with Gasteiger partial charge in [0.2, 0.25) is 0 Å². The van der Waals surface area contributed by atoms with E-state index in [2.05, 4.69) is 10.2 Å². The van der Waals surface area contributed by atoms with Crippen LogP contribution >= 0.6 is 0 Å². The lowest BCUT2D eigenvalue weighted by atomic mass is 10.1. The van der Waals surface area contributed by atoms with Crippen LogP contribution in [0.4, 0.5) is 0 Å². The van der Waals surface area contributed by atoms with Crippen molar-refractivity contribution in [3.63, 3.8) is 0 Å². The van der Waals surface area contributed by atoms with Crippen molar-refractivity contribution in [3.8, 4) is 16.9 Å². The van der Waals surface area contributed by atoms with Gasteiger partial charge in [0.15, 0.2) is 5.78 Å². The standard InChI is InChI=1S/C20H15N3O3/c1-12-19(14-6-4-3-5-7-14)22-23(21-12)16-9-8-15-10-17(13(2)24)20(25)26-18(15)11-16/h3-11H,1-2H3. The molecule has 0 radical (unpaired) electrons. The van der Waals surface area contributed by atoms with Gasteiger partial charge in [0.25, 0.3) is 0 Å². The minimum absolute atomic E-state index is 0.0460. The lowest BCUT2D eigenvalue weighted by molar-refractivity contribution is 0.101. The number of ketones is 1. The highest BCUT2D eigenvalue weighted by atomic mass is 16.4. The van der Waals surface area contributed by atoms with Crippen molar-refractivity contribution < 1.29 is 9.21 Å². The molecule has 0 spiro atoms. The Hall–Kier alpha value is -3.54. The summed E-state index contributed by atoms with van der Waals surface area (Å²) in [7, 11) is 0. The van der Waals surface area contributed by atoms with E-state index in [-0.39, 0.29) is 11.3 Å². The molecule has 2 aromatic carbocycles. The van der Waals surface area contributed by atoms with Crippen molar-refractivity contribution in [2.45, 2.75) is 13.8 Å². The third-order valence-corrected chi connectivity index (χ3v) is 4.16. The first-order valence-electron chi connectivity index (χ1n) is 8.11. The molecule has 4 rings (SSSR count). The fraction of sp³-hybridized carbons (Fsp3) is 0.100. The molecule has 0 unspecified atom stereocenters. The maximum absolute atomic E-state index is 11.9. The zero-order chi connectivity index (χ0) is 18.3. The van der Waals surface area contributed by atoms with Crippen molar-refractivity contribution in [2.24, 2.45) is 0 Å². The Morgan fingerprint density at radius 1 is 1.04 bits per heavy atom. The van der Waals surface area contributed by atoms with Crippen molar-refractivity contribution in [1.29, 1.82) is 0 Å². The predicted octanol–water partition coefficient (Wildman–Crippen LogP) is 3.55. The van der Waals surface area contributed by atoms with E-state index in [4.69, 9.17) is 4.42 Å². The van der Waals surface area contributed by atoms with Gasteiger partial charge in [-0.15, -0.1) is 5.10 Å². The van der Waals surface area contributed by atoms with E-state index in [0.29, 0.717) is 16.7 Å². The Labute approximate surface area is 148 Å². The number of nitrogens with zero attached hydrogens (tertiary/aromatic N) is 3. The lowest BCUT2D eigenvalue weighted by Crippen LogP contribution is -2.11. The molecule has 26 heavy (non-hydrogen) atoms. The van der Waals surface area contributed by atoms with E-state index < -0.39 is 5.63 Å². The van der Waals surface area contributed by atoms with Crippen LogP contribution in [0.15, 0.2) is 63.8 Å². The number of fused-ring (bicyclic) bond motifs is 1. The number of aromatic nitrogens is 3. The summed E-state index contributed by atoms with van der Waals surface area (Å²) in [6.07, 6.45) is 0. The summed E-state index contributed by atoms with van der Waals surface area (Å²) in [5.74, 6) is -0.318. The van der Waals surface area contributed by atoms with Crippen molar-refractivity contribution in [2.75, 3.05) is 0 Å². The monoisotopic (exact) mass is 345 g/mol. The third-order valence-electron chi connectivity index (χ3n) is 4.16. The van der Waals surface area contributed by atoms with Crippen LogP contribution in [-0.2, 0) is 0 Å². The van der Waals surface area contributed by atoms with Gasteiger partial charge in [-0.05, 0) is 32.0 Å². The maximum atomic E-state index is 11.9. The van der Waals surface area contributed by atoms with Gasteiger partial charge in [-0.25, -0.2) is 4.79 Å². The first-order chi connectivity index (χ1) is 12.5. The van der Waals surface area contributed by atoms with Gasteiger partial charge in [-0.3, -0.25) is 4.79 Å². The quantitative estimate of drug-likeness (QED) is 0.419. The van der Waals surface area contributed by atoms with E-state index in [1.54, 1.807) is 18.2 Å². The minimum atomic E-state index is -0.642. The van der Waals surface area contributed by atoms with Gasteiger partial charge in [0.05, 0.1) is 11.4 Å². The normalized spacial score (nSPS) is 11.0. The molecule has 4 aromatic rings. The third kappa shape index (κ3) is 2.71. The van der Waals surface area contributed by atoms with Crippen LogP contribution < -0.4 is 5.63 Å². The number of rotatable bonds is 3. The number of carbonyl (C=O) groups excluding carboxylic acids is 1. The van der Waals surface area contributed by atoms with Gasteiger partial charge in [0, 0.05) is 17.0 Å². The van der Waals surface area contributed by atoms with Gasteiger partial charge in [-0.2, -0.15) is 9.90 Å². The average molecular weight is 345 g/mol. The molecule has 6 nitrogen and oxygen atoms in total. The van der Waals surface area contributed by atoms with Crippen molar-refractivity contribution in [3.05, 3.63) is 76.3 Å². The summed E-state index contributed by atoms with van der Waals surface area (Å²) in [5, 5.41) is 9.69. The molecule has 2 heterocycles. The zero-order valence-corrected chi connectivity index (χ0v) is 14.3. The molecule has 2 aromatic heterocycles. The maximum Gasteiger partial charge on any atom is 0.347 e.